The summed E-state index contributed by atoms with van der Waals surface area (Å²) in [6.45, 7) is 3.33. The maximum absolute atomic E-state index is 11.4. The molecule has 2 rings (SSSR count). The van der Waals surface area contributed by atoms with Gasteiger partial charge in [0.2, 0.25) is 0 Å². The summed E-state index contributed by atoms with van der Waals surface area (Å²) in [4.78, 5) is 11.4. The molecular weight excluding hydrogens is 248 g/mol. The highest BCUT2D eigenvalue weighted by Gasteiger charge is 2.11. The van der Waals surface area contributed by atoms with E-state index >= 15 is 0 Å². The van der Waals surface area contributed by atoms with Gasteiger partial charge >= 0.3 is 6.03 Å². The normalized spacial score (nSPS) is 14.6. The Hall–Kier alpha value is -1.95. The molecule has 0 unspecified atom stereocenters. The van der Waals surface area contributed by atoms with Gasteiger partial charge in [-0.15, -0.1) is 0 Å². The summed E-state index contributed by atoms with van der Waals surface area (Å²) in [5.41, 5.74) is 0.927. The van der Waals surface area contributed by atoms with Gasteiger partial charge in [-0.2, -0.15) is 0 Å². The minimum atomic E-state index is -0.556. The molecule has 1 atom stereocenters. The molecule has 3 N–H and O–H groups in total. The zero-order valence-electron chi connectivity index (χ0n) is 10.8. The predicted molar refractivity (Wildman–Crippen MR) is 69.4 cm³/mol. The number of carbonyl (C=O) groups is 1. The van der Waals surface area contributed by atoms with Gasteiger partial charge in [0.25, 0.3) is 0 Å². The van der Waals surface area contributed by atoms with Crippen molar-refractivity contribution in [3.8, 4) is 11.5 Å². The maximum Gasteiger partial charge on any atom is 0.315 e. The summed E-state index contributed by atoms with van der Waals surface area (Å²) in [6.07, 6.45) is -0.556. The lowest BCUT2D eigenvalue weighted by Crippen LogP contribution is -2.38. The molecule has 2 amide bonds. The topological polar surface area (TPSA) is 79.8 Å². The minimum Gasteiger partial charge on any atom is -0.486 e. The quantitative estimate of drug-likeness (QED) is 0.747. The summed E-state index contributed by atoms with van der Waals surface area (Å²) in [5.74, 6) is 1.43. The van der Waals surface area contributed by atoms with Crippen LogP contribution in [0.25, 0.3) is 0 Å². The van der Waals surface area contributed by atoms with Crippen molar-refractivity contribution in [2.45, 2.75) is 19.6 Å². The van der Waals surface area contributed by atoms with Crippen LogP contribution in [0.2, 0.25) is 0 Å². The molecule has 0 saturated carbocycles. The number of nitrogens with one attached hydrogen (secondary N) is 2. The zero-order chi connectivity index (χ0) is 13.7. The predicted octanol–water partition coefficient (Wildman–Crippen LogP) is 0.638. The Morgan fingerprint density at radius 3 is 2.79 bits per heavy atom. The average molecular weight is 266 g/mol. The summed E-state index contributed by atoms with van der Waals surface area (Å²) >= 11 is 0. The van der Waals surface area contributed by atoms with E-state index in [1.54, 1.807) is 6.92 Å². The van der Waals surface area contributed by atoms with Gasteiger partial charge in [-0.3, -0.25) is 0 Å². The minimum absolute atomic E-state index is 0.229. The Bertz CT molecular complexity index is 448. The zero-order valence-corrected chi connectivity index (χ0v) is 10.8. The van der Waals surface area contributed by atoms with Crippen molar-refractivity contribution in [1.29, 1.82) is 0 Å². The van der Waals surface area contributed by atoms with Gasteiger partial charge < -0.3 is 25.2 Å². The third-order valence-corrected chi connectivity index (χ3v) is 2.62. The fraction of sp³-hybridized carbons (Fsp3) is 0.462. The van der Waals surface area contributed by atoms with Crippen LogP contribution in [0.15, 0.2) is 18.2 Å². The van der Waals surface area contributed by atoms with Crippen molar-refractivity contribution in [3.05, 3.63) is 23.8 Å². The molecule has 1 aliphatic rings. The van der Waals surface area contributed by atoms with Gasteiger partial charge in [0.05, 0.1) is 6.10 Å². The van der Waals surface area contributed by atoms with E-state index < -0.39 is 6.10 Å². The van der Waals surface area contributed by atoms with Crippen molar-refractivity contribution in [3.63, 3.8) is 0 Å². The lowest BCUT2D eigenvalue weighted by molar-refractivity contribution is 0.171. The van der Waals surface area contributed by atoms with E-state index in [0.717, 1.165) is 11.3 Å². The van der Waals surface area contributed by atoms with E-state index in [1.807, 2.05) is 18.2 Å². The highest BCUT2D eigenvalue weighted by atomic mass is 16.6. The molecule has 0 aliphatic carbocycles. The van der Waals surface area contributed by atoms with Gasteiger partial charge in [-0.25, -0.2) is 4.79 Å². The maximum atomic E-state index is 11.4. The Labute approximate surface area is 111 Å². The first-order valence-corrected chi connectivity index (χ1v) is 6.23. The number of aliphatic hydroxyl groups excluding tert-OH is 1. The first-order chi connectivity index (χ1) is 9.15. The second-order valence-corrected chi connectivity index (χ2v) is 4.39. The Morgan fingerprint density at radius 1 is 1.32 bits per heavy atom. The van der Waals surface area contributed by atoms with Crippen LogP contribution >= 0.6 is 0 Å². The number of hydrogen-bond donors (Lipinski definition) is 3. The number of hydrogen-bond acceptors (Lipinski definition) is 4. The first kappa shape index (κ1) is 13.5. The summed E-state index contributed by atoms with van der Waals surface area (Å²) < 4.78 is 10.9. The van der Waals surface area contributed by atoms with Crippen molar-refractivity contribution in [2.75, 3.05) is 19.8 Å². The summed E-state index contributed by atoms with van der Waals surface area (Å²) in [6, 6.07) is 5.25. The number of fused-ring (bicyclic) bond motifs is 1. The third-order valence-electron chi connectivity index (χ3n) is 2.62. The fourth-order valence-electron chi connectivity index (χ4n) is 1.68. The summed E-state index contributed by atoms with van der Waals surface area (Å²) in [7, 11) is 0. The smallest absolute Gasteiger partial charge is 0.315 e. The summed E-state index contributed by atoms with van der Waals surface area (Å²) in [5, 5.41) is 14.3. The van der Waals surface area contributed by atoms with Gasteiger partial charge in [-0.05, 0) is 24.6 Å². The third kappa shape index (κ3) is 4.03. The number of aliphatic hydroxyl groups is 1. The molecule has 0 spiro atoms. The molecule has 1 aromatic carbocycles. The van der Waals surface area contributed by atoms with Gasteiger partial charge in [0.15, 0.2) is 11.5 Å². The number of urea groups is 1. The molecule has 0 bridgehead atoms. The monoisotopic (exact) mass is 266 g/mol. The molecule has 6 heteroatoms. The Balaban J connectivity index is 1.84. The van der Waals surface area contributed by atoms with Gasteiger partial charge in [-0.1, -0.05) is 6.07 Å². The second kappa shape index (κ2) is 6.29. The molecule has 1 aromatic rings. The standard InChI is InChI=1S/C13H18N2O4/c1-9(16)7-14-13(17)15-8-10-2-3-11-12(6-10)19-5-4-18-11/h2-3,6,9,16H,4-5,7-8H2,1H3,(H2,14,15,17)/t9-/m1/s1. The van der Waals surface area contributed by atoms with Crippen molar-refractivity contribution in [1.82, 2.24) is 10.6 Å². The van der Waals surface area contributed by atoms with E-state index in [1.165, 1.54) is 0 Å². The molecule has 1 heterocycles. The van der Waals surface area contributed by atoms with Crippen molar-refractivity contribution in [2.24, 2.45) is 0 Å². The molecule has 0 aromatic heterocycles. The van der Waals surface area contributed by atoms with Crippen molar-refractivity contribution < 1.29 is 19.4 Å². The van der Waals surface area contributed by atoms with E-state index in [9.17, 15) is 4.79 Å². The molecular formula is C13H18N2O4. The number of rotatable bonds is 4. The first-order valence-electron chi connectivity index (χ1n) is 6.23. The number of carbonyl (C=O) groups excluding carboxylic acids is 1. The van der Waals surface area contributed by atoms with Gasteiger partial charge in [0, 0.05) is 13.1 Å². The highest BCUT2D eigenvalue weighted by molar-refractivity contribution is 5.73. The Morgan fingerprint density at radius 2 is 2.05 bits per heavy atom. The lowest BCUT2D eigenvalue weighted by Gasteiger charge is -2.19. The fourth-order valence-corrected chi connectivity index (χ4v) is 1.68. The molecule has 0 fully saturated rings. The molecule has 1 aliphatic heterocycles. The van der Waals surface area contributed by atoms with Crippen LogP contribution in [-0.2, 0) is 6.54 Å². The van der Waals surface area contributed by atoms with E-state index in [4.69, 9.17) is 14.6 Å². The van der Waals surface area contributed by atoms with Crippen LogP contribution in [-0.4, -0.2) is 37.0 Å². The number of amides is 2. The lowest BCUT2D eigenvalue weighted by atomic mass is 10.2. The second-order valence-electron chi connectivity index (χ2n) is 4.39. The molecule has 0 saturated heterocycles. The SMILES string of the molecule is C[C@@H](O)CNC(=O)NCc1ccc2c(c1)OCCO2. The largest absolute Gasteiger partial charge is 0.486 e. The van der Waals surface area contributed by atoms with E-state index in [-0.39, 0.29) is 12.6 Å². The molecule has 0 radical (unpaired) electrons. The Kier molecular flexibility index (Phi) is 4.46. The van der Waals surface area contributed by atoms with Crippen molar-refractivity contribution >= 4 is 6.03 Å². The van der Waals surface area contributed by atoms with Gasteiger partial charge in [0.1, 0.15) is 13.2 Å². The van der Waals surface area contributed by atoms with Crippen LogP contribution < -0.4 is 20.1 Å². The molecule has 19 heavy (non-hydrogen) atoms. The molecule has 104 valence electrons. The van der Waals surface area contributed by atoms with Crippen LogP contribution in [0, 0.1) is 0 Å². The van der Waals surface area contributed by atoms with E-state index in [2.05, 4.69) is 10.6 Å². The number of ether oxygens (including phenoxy) is 2. The van der Waals surface area contributed by atoms with Crippen LogP contribution in [0.4, 0.5) is 4.79 Å². The number of benzene rings is 1. The van der Waals surface area contributed by atoms with E-state index in [0.29, 0.717) is 25.5 Å². The van der Waals surface area contributed by atoms with Crippen LogP contribution in [0.5, 0.6) is 11.5 Å². The van der Waals surface area contributed by atoms with Crippen LogP contribution in [0.1, 0.15) is 12.5 Å². The van der Waals surface area contributed by atoms with Crippen LogP contribution in [0.3, 0.4) is 0 Å². The molecule has 6 nitrogen and oxygen atoms in total. The average Bonchev–Trinajstić information content (AvgIpc) is 2.42. The highest BCUT2D eigenvalue weighted by Crippen LogP contribution is 2.30.